The minimum atomic E-state index is -0.642. The topological polar surface area (TPSA) is 60.9 Å². The standard InChI is InChI=1S/C16H18FN3O3/c1-10(2)20-15(22)13-9-18(6-7-19(13)16(20)23)14(21)11-4-3-5-12(17)8-11/h3-5,8,10,13H,6-7,9H2,1-2H3/t13-/m0/s1. The fraction of sp³-hybridized carbons (Fsp3) is 0.438. The first kappa shape index (κ1) is 15.5. The fourth-order valence-electron chi connectivity index (χ4n) is 3.08. The van der Waals surface area contributed by atoms with E-state index in [2.05, 4.69) is 0 Å². The van der Waals surface area contributed by atoms with Gasteiger partial charge in [0, 0.05) is 24.7 Å². The molecule has 0 aliphatic carbocycles. The Morgan fingerprint density at radius 1 is 1.26 bits per heavy atom. The van der Waals surface area contributed by atoms with Crippen LogP contribution in [0, 0.1) is 5.82 Å². The van der Waals surface area contributed by atoms with Crippen LogP contribution in [-0.4, -0.2) is 64.3 Å². The molecule has 0 saturated carbocycles. The van der Waals surface area contributed by atoms with E-state index in [0.29, 0.717) is 13.1 Å². The molecule has 6 nitrogen and oxygen atoms in total. The van der Waals surface area contributed by atoms with Gasteiger partial charge in [-0.1, -0.05) is 6.07 Å². The number of piperazine rings is 1. The van der Waals surface area contributed by atoms with Gasteiger partial charge >= 0.3 is 6.03 Å². The van der Waals surface area contributed by atoms with Crippen molar-refractivity contribution >= 4 is 17.8 Å². The largest absolute Gasteiger partial charge is 0.334 e. The van der Waals surface area contributed by atoms with Crippen LogP contribution >= 0.6 is 0 Å². The summed E-state index contributed by atoms with van der Waals surface area (Å²) >= 11 is 0. The van der Waals surface area contributed by atoms with Crippen molar-refractivity contribution in [3.63, 3.8) is 0 Å². The van der Waals surface area contributed by atoms with Gasteiger partial charge in [0.25, 0.3) is 11.8 Å². The molecule has 1 aromatic rings. The summed E-state index contributed by atoms with van der Waals surface area (Å²) in [6.07, 6.45) is 0. The molecule has 2 heterocycles. The second kappa shape index (κ2) is 5.64. The van der Waals surface area contributed by atoms with Crippen LogP contribution in [0.4, 0.5) is 9.18 Å². The molecule has 2 aliphatic rings. The molecule has 0 spiro atoms. The van der Waals surface area contributed by atoms with E-state index in [-0.39, 0.29) is 36.0 Å². The molecule has 0 N–H and O–H groups in total. The predicted octanol–water partition coefficient (Wildman–Crippen LogP) is 1.32. The van der Waals surface area contributed by atoms with Crippen LogP contribution < -0.4 is 0 Å². The van der Waals surface area contributed by atoms with Gasteiger partial charge in [-0.05, 0) is 32.0 Å². The van der Waals surface area contributed by atoms with Crippen LogP contribution in [0.5, 0.6) is 0 Å². The summed E-state index contributed by atoms with van der Waals surface area (Å²) in [5.41, 5.74) is 0.246. The molecule has 0 unspecified atom stereocenters. The van der Waals surface area contributed by atoms with Crippen molar-refractivity contribution in [1.82, 2.24) is 14.7 Å². The lowest BCUT2D eigenvalue weighted by Crippen LogP contribution is -2.54. The van der Waals surface area contributed by atoms with Crippen LogP contribution in [-0.2, 0) is 4.79 Å². The molecule has 2 aliphatic heterocycles. The van der Waals surface area contributed by atoms with Gasteiger partial charge in [-0.2, -0.15) is 0 Å². The number of carbonyl (C=O) groups is 3. The van der Waals surface area contributed by atoms with Crippen LogP contribution in [0.2, 0.25) is 0 Å². The molecule has 7 heteroatoms. The maximum Gasteiger partial charge on any atom is 0.327 e. The summed E-state index contributed by atoms with van der Waals surface area (Å²) in [5.74, 6) is -1.08. The van der Waals surface area contributed by atoms with Crippen molar-refractivity contribution in [2.24, 2.45) is 0 Å². The summed E-state index contributed by atoms with van der Waals surface area (Å²) in [6, 6.07) is 4.31. The molecule has 0 bridgehead atoms. The quantitative estimate of drug-likeness (QED) is 0.773. The van der Waals surface area contributed by atoms with E-state index in [0.717, 1.165) is 0 Å². The Morgan fingerprint density at radius 2 is 2.00 bits per heavy atom. The van der Waals surface area contributed by atoms with Crippen molar-refractivity contribution in [2.75, 3.05) is 19.6 Å². The molecule has 0 aromatic heterocycles. The summed E-state index contributed by atoms with van der Waals surface area (Å²) in [5, 5.41) is 0. The number of imide groups is 1. The van der Waals surface area contributed by atoms with Gasteiger partial charge in [0.1, 0.15) is 11.9 Å². The molecule has 3 rings (SSSR count). The Morgan fingerprint density at radius 3 is 2.65 bits per heavy atom. The number of carbonyl (C=O) groups excluding carboxylic acids is 3. The molecule has 2 saturated heterocycles. The average Bonchev–Trinajstić information content (AvgIpc) is 2.77. The van der Waals surface area contributed by atoms with Gasteiger partial charge in [-0.25, -0.2) is 9.18 Å². The highest BCUT2D eigenvalue weighted by molar-refractivity contribution is 6.05. The van der Waals surface area contributed by atoms with E-state index in [1.54, 1.807) is 19.9 Å². The third-order valence-electron chi connectivity index (χ3n) is 4.23. The predicted molar refractivity (Wildman–Crippen MR) is 80.2 cm³/mol. The van der Waals surface area contributed by atoms with Crippen molar-refractivity contribution in [3.8, 4) is 0 Å². The summed E-state index contributed by atoms with van der Waals surface area (Å²) in [7, 11) is 0. The Labute approximate surface area is 133 Å². The average molecular weight is 319 g/mol. The first-order valence-corrected chi connectivity index (χ1v) is 7.58. The van der Waals surface area contributed by atoms with E-state index in [9.17, 15) is 18.8 Å². The van der Waals surface area contributed by atoms with E-state index in [4.69, 9.17) is 0 Å². The van der Waals surface area contributed by atoms with E-state index in [1.165, 1.54) is 32.9 Å². The smallest absolute Gasteiger partial charge is 0.327 e. The minimum absolute atomic E-state index is 0.142. The minimum Gasteiger partial charge on any atom is -0.334 e. The first-order chi connectivity index (χ1) is 10.9. The van der Waals surface area contributed by atoms with Gasteiger partial charge in [-0.15, -0.1) is 0 Å². The SMILES string of the molecule is CC(C)N1C(=O)[C@@H]2CN(C(=O)c3cccc(F)c3)CCN2C1=O. The number of fused-ring (bicyclic) bond motifs is 1. The number of rotatable bonds is 2. The maximum atomic E-state index is 13.3. The lowest BCUT2D eigenvalue weighted by molar-refractivity contribution is -0.130. The Balaban J connectivity index is 1.79. The molecule has 4 amide bonds. The monoisotopic (exact) mass is 319 g/mol. The number of hydrogen-bond donors (Lipinski definition) is 0. The zero-order valence-electron chi connectivity index (χ0n) is 13.0. The third kappa shape index (κ3) is 2.56. The van der Waals surface area contributed by atoms with Crippen molar-refractivity contribution in [1.29, 1.82) is 0 Å². The summed E-state index contributed by atoms with van der Waals surface area (Å²) in [4.78, 5) is 41.4. The van der Waals surface area contributed by atoms with E-state index >= 15 is 0 Å². The molecule has 2 fully saturated rings. The summed E-state index contributed by atoms with van der Waals surface area (Å²) in [6.45, 7) is 4.34. The van der Waals surface area contributed by atoms with E-state index in [1.807, 2.05) is 0 Å². The van der Waals surface area contributed by atoms with Crippen molar-refractivity contribution < 1.29 is 18.8 Å². The lowest BCUT2D eigenvalue weighted by atomic mass is 10.1. The van der Waals surface area contributed by atoms with Crippen molar-refractivity contribution in [2.45, 2.75) is 25.9 Å². The Kier molecular flexibility index (Phi) is 3.79. The van der Waals surface area contributed by atoms with Crippen LogP contribution in [0.3, 0.4) is 0 Å². The summed E-state index contributed by atoms with van der Waals surface area (Å²) < 4.78 is 13.3. The zero-order chi connectivity index (χ0) is 16.7. The highest BCUT2D eigenvalue weighted by Crippen LogP contribution is 2.24. The molecular formula is C16H18FN3O3. The Bertz CT molecular complexity index is 676. The third-order valence-corrected chi connectivity index (χ3v) is 4.23. The second-order valence-electron chi connectivity index (χ2n) is 6.06. The van der Waals surface area contributed by atoms with Gasteiger partial charge in [0.15, 0.2) is 0 Å². The number of benzene rings is 1. The highest BCUT2D eigenvalue weighted by Gasteiger charge is 2.49. The van der Waals surface area contributed by atoms with Crippen LogP contribution in [0.25, 0.3) is 0 Å². The van der Waals surface area contributed by atoms with Gasteiger partial charge in [0.05, 0.1) is 6.54 Å². The van der Waals surface area contributed by atoms with Crippen molar-refractivity contribution in [3.05, 3.63) is 35.6 Å². The highest BCUT2D eigenvalue weighted by atomic mass is 19.1. The number of hydrogen-bond acceptors (Lipinski definition) is 3. The maximum absolute atomic E-state index is 13.3. The first-order valence-electron chi connectivity index (χ1n) is 7.58. The molecular weight excluding hydrogens is 301 g/mol. The molecule has 23 heavy (non-hydrogen) atoms. The second-order valence-corrected chi connectivity index (χ2v) is 6.06. The number of nitrogens with zero attached hydrogens (tertiary/aromatic N) is 3. The number of halogens is 1. The zero-order valence-corrected chi connectivity index (χ0v) is 13.0. The van der Waals surface area contributed by atoms with Gasteiger partial charge in [-0.3, -0.25) is 14.5 Å². The molecule has 0 radical (unpaired) electrons. The normalized spacial score (nSPS) is 21.2. The Hall–Kier alpha value is -2.44. The molecule has 122 valence electrons. The van der Waals surface area contributed by atoms with Gasteiger partial charge < -0.3 is 9.80 Å². The number of urea groups is 1. The lowest BCUT2D eigenvalue weighted by Gasteiger charge is -2.35. The molecule has 1 atom stereocenters. The fourth-order valence-corrected chi connectivity index (χ4v) is 3.08. The molecule has 1 aromatic carbocycles. The van der Waals surface area contributed by atoms with Crippen LogP contribution in [0.1, 0.15) is 24.2 Å². The van der Waals surface area contributed by atoms with Crippen LogP contribution in [0.15, 0.2) is 24.3 Å². The van der Waals surface area contributed by atoms with Gasteiger partial charge in [0.2, 0.25) is 0 Å². The number of amides is 4. The van der Waals surface area contributed by atoms with E-state index < -0.39 is 11.9 Å².